The number of hydrogen-bond donors (Lipinski definition) is 1. The van der Waals surface area contributed by atoms with Crippen molar-refractivity contribution in [2.24, 2.45) is 11.3 Å². The highest BCUT2D eigenvalue weighted by Gasteiger charge is 2.31. The van der Waals surface area contributed by atoms with Gasteiger partial charge in [-0.05, 0) is 78.0 Å². The lowest BCUT2D eigenvalue weighted by atomic mass is 9.72. The molecule has 0 saturated carbocycles. The first kappa shape index (κ1) is 19.8. The Hall–Kier alpha value is -2.46. The predicted octanol–water partition coefficient (Wildman–Crippen LogP) is 6.14. The molecule has 1 amide bonds. The maximum Gasteiger partial charge on any atom is 0.256 e. The molecule has 2 heterocycles. The summed E-state index contributed by atoms with van der Waals surface area (Å²) in [7, 11) is 0. The second kappa shape index (κ2) is 8.11. The Kier molecular flexibility index (Phi) is 5.55. The van der Waals surface area contributed by atoms with E-state index in [1.807, 2.05) is 42.0 Å². The topological polar surface area (TPSA) is 42.0 Å². The van der Waals surface area contributed by atoms with E-state index < -0.39 is 0 Å². The molecule has 0 radical (unpaired) electrons. The minimum atomic E-state index is 0.0126. The van der Waals surface area contributed by atoms with Crippen molar-refractivity contribution < 1.29 is 4.79 Å². The average Bonchev–Trinajstić information content (AvgIpc) is 3.13. The molecule has 0 spiro atoms. The second-order valence-electron chi connectivity index (χ2n) is 9.04. The Morgan fingerprint density at radius 1 is 1.10 bits per heavy atom. The van der Waals surface area contributed by atoms with Gasteiger partial charge in [-0.2, -0.15) is 0 Å². The van der Waals surface area contributed by atoms with Crippen molar-refractivity contribution in [3.05, 3.63) is 81.3 Å². The number of hydrogen-bond acceptors (Lipinski definition) is 3. The van der Waals surface area contributed by atoms with E-state index in [-0.39, 0.29) is 5.91 Å². The summed E-state index contributed by atoms with van der Waals surface area (Å²) in [5.74, 6) is 0.705. The standard InChI is InChI=1S/C25H28N2OS/c1-25(2,3)19-6-9-21-22(16-29-23(21)15-19)24(28)27-20-7-4-17(5-8-20)14-18-10-12-26-13-11-18/h4-5,7-8,10-13,16,19H,6,9,14-15H2,1-3H3,(H,27,28). The monoisotopic (exact) mass is 404 g/mol. The van der Waals surface area contributed by atoms with E-state index in [0.29, 0.717) is 11.3 Å². The van der Waals surface area contributed by atoms with E-state index in [9.17, 15) is 4.79 Å². The molecule has 2 aromatic heterocycles. The Balaban J connectivity index is 1.42. The smallest absolute Gasteiger partial charge is 0.256 e. The zero-order chi connectivity index (χ0) is 20.4. The highest BCUT2D eigenvalue weighted by atomic mass is 32.1. The lowest BCUT2D eigenvalue weighted by Crippen LogP contribution is -2.27. The number of fused-ring (bicyclic) bond motifs is 1. The van der Waals surface area contributed by atoms with Gasteiger partial charge in [0, 0.05) is 28.3 Å². The highest BCUT2D eigenvalue weighted by Crippen LogP contribution is 2.40. The molecule has 0 fully saturated rings. The number of benzene rings is 1. The van der Waals surface area contributed by atoms with E-state index in [2.05, 4.69) is 43.2 Å². The van der Waals surface area contributed by atoms with E-state index in [1.165, 1.54) is 21.6 Å². The lowest BCUT2D eigenvalue weighted by molar-refractivity contribution is 0.102. The second-order valence-corrected chi connectivity index (χ2v) is 10.0. The number of nitrogens with one attached hydrogen (secondary N) is 1. The van der Waals surface area contributed by atoms with Crippen LogP contribution in [0.25, 0.3) is 0 Å². The van der Waals surface area contributed by atoms with Gasteiger partial charge in [-0.25, -0.2) is 0 Å². The molecule has 1 aliphatic carbocycles. The summed E-state index contributed by atoms with van der Waals surface area (Å²) in [5.41, 5.74) is 5.74. The zero-order valence-electron chi connectivity index (χ0n) is 17.4. The molecule has 29 heavy (non-hydrogen) atoms. The van der Waals surface area contributed by atoms with Crippen LogP contribution in [0.5, 0.6) is 0 Å². The molecule has 3 nitrogen and oxygen atoms in total. The maximum absolute atomic E-state index is 12.9. The van der Waals surface area contributed by atoms with Crippen molar-refractivity contribution in [2.75, 3.05) is 5.32 Å². The summed E-state index contributed by atoms with van der Waals surface area (Å²) < 4.78 is 0. The van der Waals surface area contributed by atoms with E-state index in [1.54, 1.807) is 11.3 Å². The maximum atomic E-state index is 12.9. The Labute approximate surface area is 177 Å². The van der Waals surface area contributed by atoms with E-state index in [0.717, 1.165) is 36.9 Å². The zero-order valence-corrected chi connectivity index (χ0v) is 18.2. The van der Waals surface area contributed by atoms with E-state index in [4.69, 9.17) is 0 Å². The quantitative estimate of drug-likeness (QED) is 0.568. The van der Waals surface area contributed by atoms with Gasteiger partial charge in [0.15, 0.2) is 0 Å². The Morgan fingerprint density at radius 3 is 2.48 bits per heavy atom. The van der Waals surface area contributed by atoms with Gasteiger partial charge < -0.3 is 5.32 Å². The summed E-state index contributed by atoms with van der Waals surface area (Å²) in [6, 6.07) is 12.2. The number of carbonyl (C=O) groups excluding carboxylic acids is 1. The molecule has 1 N–H and O–H groups in total. The first-order valence-corrected chi connectivity index (χ1v) is 11.2. The number of nitrogens with zero attached hydrogens (tertiary/aromatic N) is 1. The molecule has 1 aromatic carbocycles. The average molecular weight is 405 g/mol. The number of anilines is 1. The molecule has 0 saturated heterocycles. The highest BCUT2D eigenvalue weighted by molar-refractivity contribution is 7.10. The van der Waals surface area contributed by atoms with Crippen LogP contribution in [-0.2, 0) is 19.3 Å². The molecule has 0 aliphatic heterocycles. The van der Waals surface area contributed by atoms with Crippen molar-refractivity contribution in [2.45, 2.75) is 46.5 Å². The molecule has 1 aliphatic rings. The predicted molar refractivity (Wildman–Crippen MR) is 121 cm³/mol. The van der Waals surface area contributed by atoms with Crippen molar-refractivity contribution in [1.82, 2.24) is 4.98 Å². The molecule has 4 heteroatoms. The van der Waals surface area contributed by atoms with Crippen LogP contribution in [0, 0.1) is 11.3 Å². The van der Waals surface area contributed by atoms with Crippen molar-refractivity contribution in [3.63, 3.8) is 0 Å². The van der Waals surface area contributed by atoms with Crippen LogP contribution in [0.4, 0.5) is 5.69 Å². The number of thiophene rings is 1. The molecule has 4 rings (SSSR count). The van der Waals surface area contributed by atoms with Crippen LogP contribution in [0.15, 0.2) is 54.2 Å². The van der Waals surface area contributed by atoms with Crippen LogP contribution in [0.3, 0.4) is 0 Å². The van der Waals surface area contributed by atoms with Crippen molar-refractivity contribution >= 4 is 22.9 Å². The number of rotatable bonds is 4. The summed E-state index contributed by atoms with van der Waals surface area (Å²) in [4.78, 5) is 18.3. The van der Waals surface area contributed by atoms with Crippen LogP contribution < -0.4 is 5.32 Å². The first-order valence-electron chi connectivity index (χ1n) is 10.3. The van der Waals surface area contributed by atoms with Gasteiger partial charge in [-0.3, -0.25) is 9.78 Å². The number of aromatic nitrogens is 1. The molecule has 1 atom stereocenters. The fourth-order valence-corrected chi connectivity index (χ4v) is 5.24. The number of amides is 1. The Bertz CT molecular complexity index is 984. The molecule has 150 valence electrons. The van der Waals surface area contributed by atoms with Crippen molar-refractivity contribution in [1.29, 1.82) is 0 Å². The SMILES string of the molecule is CC(C)(C)C1CCc2c(C(=O)Nc3ccc(Cc4ccncc4)cc3)csc2C1. The van der Waals surface area contributed by atoms with Gasteiger partial charge in [0.2, 0.25) is 0 Å². The minimum Gasteiger partial charge on any atom is -0.322 e. The molecular weight excluding hydrogens is 376 g/mol. The largest absolute Gasteiger partial charge is 0.322 e. The van der Waals surface area contributed by atoms with Gasteiger partial charge in [0.1, 0.15) is 0 Å². The molecular formula is C25H28N2OS. The summed E-state index contributed by atoms with van der Waals surface area (Å²) in [5, 5.41) is 5.13. The first-order chi connectivity index (χ1) is 13.9. The van der Waals surface area contributed by atoms with Crippen LogP contribution in [0.1, 0.15) is 59.1 Å². The van der Waals surface area contributed by atoms with Crippen molar-refractivity contribution in [3.8, 4) is 0 Å². The van der Waals surface area contributed by atoms with Crippen LogP contribution in [0.2, 0.25) is 0 Å². The molecule has 0 bridgehead atoms. The van der Waals surface area contributed by atoms with E-state index >= 15 is 0 Å². The van der Waals surface area contributed by atoms with Gasteiger partial charge in [-0.1, -0.05) is 32.9 Å². The fraction of sp³-hybridized carbons (Fsp3) is 0.360. The lowest BCUT2D eigenvalue weighted by Gasteiger charge is -2.34. The van der Waals surface area contributed by atoms with Crippen LogP contribution in [-0.4, -0.2) is 10.9 Å². The Morgan fingerprint density at radius 2 is 1.79 bits per heavy atom. The minimum absolute atomic E-state index is 0.0126. The van der Waals surface area contributed by atoms with Gasteiger partial charge in [-0.15, -0.1) is 11.3 Å². The third kappa shape index (κ3) is 4.59. The molecule has 3 aromatic rings. The van der Waals surface area contributed by atoms with Gasteiger partial charge in [0.05, 0.1) is 5.56 Å². The summed E-state index contributed by atoms with van der Waals surface area (Å²) >= 11 is 1.75. The number of pyridine rings is 1. The third-order valence-electron chi connectivity index (χ3n) is 5.99. The van der Waals surface area contributed by atoms with Crippen LogP contribution >= 0.6 is 11.3 Å². The van der Waals surface area contributed by atoms with Gasteiger partial charge in [0.25, 0.3) is 5.91 Å². The summed E-state index contributed by atoms with van der Waals surface area (Å²) in [6.07, 6.45) is 7.76. The normalized spacial score (nSPS) is 16.3. The number of carbonyl (C=O) groups is 1. The molecule has 1 unspecified atom stereocenters. The third-order valence-corrected chi connectivity index (χ3v) is 7.05. The fourth-order valence-electron chi connectivity index (χ4n) is 4.08. The van der Waals surface area contributed by atoms with Gasteiger partial charge >= 0.3 is 0 Å². The summed E-state index contributed by atoms with van der Waals surface area (Å²) in [6.45, 7) is 6.96.